The molecule has 0 spiro atoms. The van der Waals surface area contributed by atoms with Crippen LogP contribution in [0.1, 0.15) is 53.1 Å². The number of ketones is 1. The Labute approximate surface area is 228 Å². The number of hydrogen-bond acceptors (Lipinski definition) is 4. The van der Waals surface area contributed by atoms with Crippen molar-refractivity contribution in [2.45, 2.75) is 43.7 Å². The first-order valence-electron chi connectivity index (χ1n) is 13.9. The van der Waals surface area contributed by atoms with E-state index in [0.29, 0.717) is 19.4 Å². The predicted octanol–water partition coefficient (Wildman–Crippen LogP) is 7.12. The molecule has 5 nitrogen and oxygen atoms in total. The van der Waals surface area contributed by atoms with Gasteiger partial charge in [-0.25, -0.2) is 4.79 Å². The van der Waals surface area contributed by atoms with Gasteiger partial charge in [0.25, 0.3) is 0 Å². The third kappa shape index (κ3) is 4.22. The highest BCUT2D eigenvalue weighted by Gasteiger charge is 2.46. The van der Waals surface area contributed by atoms with Gasteiger partial charge in [0.05, 0.1) is 5.69 Å². The summed E-state index contributed by atoms with van der Waals surface area (Å²) in [6.07, 6.45) is 4.78. The number of carbonyl (C=O) groups is 2. The topological polar surface area (TPSA) is 59.5 Å². The second-order valence-corrected chi connectivity index (χ2v) is 10.9. The highest BCUT2D eigenvalue weighted by atomic mass is 16.6. The van der Waals surface area contributed by atoms with E-state index in [0.717, 1.165) is 29.7 Å². The molecule has 4 aromatic rings. The summed E-state index contributed by atoms with van der Waals surface area (Å²) in [4.78, 5) is 33.1. The minimum absolute atomic E-state index is 0.0483. The summed E-state index contributed by atoms with van der Waals surface area (Å²) < 4.78 is 5.99. The lowest BCUT2D eigenvalue weighted by Gasteiger charge is -2.37. The molecule has 3 aromatic carbocycles. The molecule has 1 aromatic heterocycles. The highest BCUT2D eigenvalue weighted by Crippen LogP contribution is 2.45. The molecule has 0 radical (unpaired) electrons. The standard InChI is InChI=1S/C34H30N2O3/c37-33(23-14-12-22(13-15-23)32-11-5-6-18-35-32)24-19-25-16-17-26(20-24)36(25)34(38)39-21-31-29-9-3-1-7-27(29)28-8-2-4-10-30(28)31/h1-15,18,24-26,31H,16-17,19-21H2. The van der Waals surface area contributed by atoms with Crippen LogP contribution in [0.3, 0.4) is 0 Å². The van der Waals surface area contributed by atoms with Crippen molar-refractivity contribution in [3.05, 3.63) is 114 Å². The maximum atomic E-state index is 13.4. The average molecular weight is 515 g/mol. The van der Waals surface area contributed by atoms with E-state index in [1.165, 1.54) is 22.3 Å². The Kier molecular flexibility index (Phi) is 5.99. The number of carbonyl (C=O) groups excluding carboxylic acids is 2. The minimum atomic E-state index is -0.241. The summed E-state index contributed by atoms with van der Waals surface area (Å²) in [6, 6.07) is 30.5. The summed E-state index contributed by atoms with van der Waals surface area (Å²) in [5.74, 6) is 0.152. The maximum Gasteiger partial charge on any atom is 0.410 e. The Morgan fingerprint density at radius 3 is 2.00 bits per heavy atom. The zero-order chi connectivity index (χ0) is 26.3. The van der Waals surface area contributed by atoms with Gasteiger partial charge in [0, 0.05) is 41.2 Å². The Balaban J connectivity index is 1.01. The average Bonchev–Trinajstić information content (AvgIpc) is 3.46. The second kappa shape index (κ2) is 9.81. The normalized spacial score (nSPS) is 21.3. The van der Waals surface area contributed by atoms with Crippen LogP contribution in [0.2, 0.25) is 0 Å². The zero-order valence-corrected chi connectivity index (χ0v) is 21.7. The Morgan fingerprint density at radius 1 is 0.769 bits per heavy atom. The molecule has 2 atom stereocenters. The van der Waals surface area contributed by atoms with E-state index >= 15 is 0 Å². The van der Waals surface area contributed by atoms with Gasteiger partial charge >= 0.3 is 6.09 Å². The molecule has 3 aliphatic rings. The van der Waals surface area contributed by atoms with Crippen LogP contribution in [0.4, 0.5) is 4.79 Å². The molecule has 2 saturated heterocycles. The molecular weight excluding hydrogens is 484 g/mol. The largest absolute Gasteiger partial charge is 0.448 e. The third-order valence-corrected chi connectivity index (χ3v) is 8.78. The van der Waals surface area contributed by atoms with Crippen molar-refractivity contribution in [3.8, 4) is 22.4 Å². The summed E-state index contributed by atoms with van der Waals surface area (Å²) in [6.45, 7) is 0.327. The summed E-state index contributed by atoms with van der Waals surface area (Å²) in [5, 5.41) is 0. The third-order valence-electron chi connectivity index (χ3n) is 8.78. The van der Waals surface area contributed by atoms with Crippen molar-refractivity contribution in [1.82, 2.24) is 9.88 Å². The van der Waals surface area contributed by atoms with Gasteiger partial charge < -0.3 is 9.64 Å². The molecule has 0 saturated carbocycles. The number of fused-ring (bicyclic) bond motifs is 5. The monoisotopic (exact) mass is 514 g/mol. The smallest absolute Gasteiger partial charge is 0.410 e. The Morgan fingerprint density at radius 2 is 1.38 bits per heavy atom. The number of amides is 1. The van der Waals surface area contributed by atoms with Gasteiger partial charge in [0.15, 0.2) is 5.78 Å². The summed E-state index contributed by atoms with van der Waals surface area (Å²) in [5.41, 5.74) is 7.50. The molecule has 2 unspecified atom stereocenters. The maximum absolute atomic E-state index is 13.4. The second-order valence-electron chi connectivity index (χ2n) is 10.9. The van der Waals surface area contributed by atoms with Crippen LogP contribution < -0.4 is 0 Å². The van der Waals surface area contributed by atoms with Crippen LogP contribution in [0.15, 0.2) is 97.2 Å². The van der Waals surface area contributed by atoms with E-state index in [9.17, 15) is 9.59 Å². The van der Waals surface area contributed by atoms with E-state index in [-0.39, 0.29) is 35.8 Å². The van der Waals surface area contributed by atoms with E-state index in [1.807, 2.05) is 59.5 Å². The SMILES string of the molecule is O=C(c1ccc(-c2ccccn2)cc1)C1CC2CCC(C1)N2C(=O)OCC1c2ccccc2-c2ccccc21. The van der Waals surface area contributed by atoms with E-state index in [4.69, 9.17) is 4.74 Å². The Bertz CT molecular complexity index is 1470. The highest BCUT2D eigenvalue weighted by molar-refractivity contribution is 5.98. The number of aromatic nitrogens is 1. The van der Waals surface area contributed by atoms with Gasteiger partial charge in [-0.2, -0.15) is 0 Å². The molecule has 0 N–H and O–H groups in total. The molecule has 2 bridgehead atoms. The Hall–Kier alpha value is -4.25. The molecule has 2 fully saturated rings. The van der Waals surface area contributed by atoms with E-state index in [1.54, 1.807) is 6.20 Å². The lowest BCUT2D eigenvalue weighted by Crippen LogP contribution is -2.48. The first-order chi connectivity index (χ1) is 19.2. The first kappa shape index (κ1) is 23.8. The minimum Gasteiger partial charge on any atom is -0.448 e. The molecule has 3 heterocycles. The van der Waals surface area contributed by atoms with Crippen molar-refractivity contribution in [2.24, 2.45) is 5.92 Å². The van der Waals surface area contributed by atoms with Crippen LogP contribution in [0.25, 0.3) is 22.4 Å². The van der Waals surface area contributed by atoms with Crippen LogP contribution in [0, 0.1) is 5.92 Å². The van der Waals surface area contributed by atoms with Crippen molar-refractivity contribution in [3.63, 3.8) is 0 Å². The van der Waals surface area contributed by atoms with Crippen molar-refractivity contribution >= 4 is 11.9 Å². The molecule has 2 aliphatic heterocycles. The lowest BCUT2D eigenvalue weighted by atomic mass is 9.84. The van der Waals surface area contributed by atoms with Crippen LogP contribution in [0.5, 0.6) is 0 Å². The van der Waals surface area contributed by atoms with E-state index in [2.05, 4.69) is 41.4 Å². The number of Topliss-reactive ketones (excluding diaryl/α,β-unsaturated/α-hetero) is 1. The summed E-state index contributed by atoms with van der Waals surface area (Å²) >= 11 is 0. The molecule has 7 rings (SSSR count). The quantitative estimate of drug-likeness (QED) is 0.266. The number of nitrogens with zero attached hydrogens (tertiary/aromatic N) is 2. The molecule has 194 valence electrons. The van der Waals surface area contributed by atoms with Gasteiger partial charge in [-0.05, 0) is 60.1 Å². The number of piperidine rings is 1. The lowest BCUT2D eigenvalue weighted by molar-refractivity contribution is 0.0506. The molecular formula is C34H30N2O3. The van der Waals surface area contributed by atoms with Gasteiger partial charge in [-0.3, -0.25) is 9.78 Å². The van der Waals surface area contributed by atoms with E-state index < -0.39 is 0 Å². The fraction of sp³-hybridized carbons (Fsp3) is 0.265. The first-order valence-corrected chi connectivity index (χ1v) is 13.9. The molecule has 1 aliphatic carbocycles. The van der Waals surface area contributed by atoms with Crippen LogP contribution >= 0.6 is 0 Å². The predicted molar refractivity (Wildman–Crippen MR) is 150 cm³/mol. The van der Waals surface area contributed by atoms with Crippen molar-refractivity contribution < 1.29 is 14.3 Å². The van der Waals surface area contributed by atoms with Crippen LogP contribution in [-0.2, 0) is 4.74 Å². The van der Waals surface area contributed by atoms with Gasteiger partial charge in [-0.15, -0.1) is 0 Å². The fourth-order valence-corrected chi connectivity index (χ4v) is 6.93. The molecule has 39 heavy (non-hydrogen) atoms. The fourth-order valence-electron chi connectivity index (χ4n) is 6.93. The van der Waals surface area contributed by atoms with Crippen molar-refractivity contribution in [1.29, 1.82) is 0 Å². The molecule has 5 heteroatoms. The van der Waals surface area contributed by atoms with Gasteiger partial charge in [0.2, 0.25) is 0 Å². The van der Waals surface area contributed by atoms with Crippen molar-refractivity contribution in [2.75, 3.05) is 6.61 Å². The zero-order valence-electron chi connectivity index (χ0n) is 21.7. The number of pyridine rings is 1. The summed E-state index contributed by atoms with van der Waals surface area (Å²) in [7, 11) is 0. The molecule has 1 amide bonds. The van der Waals surface area contributed by atoms with Gasteiger partial charge in [-0.1, -0.05) is 78.9 Å². The van der Waals surface area contributed by atoms with Crippen LogP contribution in [-0.4, -0.2) is 40.5 Å². The van der Waals surface area contributed by atoms with Gasteiger partial charge in [0.1, 0.15) is 6.61 Å². The number of hydrogen-bond donors (Lipinski definition) is 0. The number of ether oxygens (including phenoxy) is 1. The number of benzene rings is 3. The number of rotatable bonds is 5.